The summed E-state index contributed by atoms with van der Waals surface area (Å²) in [5.41, 5.74) is 4.30. The van der Waals surface area contributed by atoms with Gasteiger partial charge in [-0.1, -0.05) is 65.8 Å². The van der Waals surface area contributed by atoms with E-state index in [-0.39, 0.29) is 0 Å². The summed E-state index contributed by atoms with van der Waals surface area (Å²) in [5.74, 6) is 2.07. The van der Waals surface area contributed by atoms with Crippen molar-refractivity contribution in [2.24, 2.45) is 0 Å². The van der Waals surface area contributed by atoms with Crippen molar-refractivity contribution in [1.29, 1.82) is 0 Å². The molecule has 0 saturated heterocycles. The molecule has 6 nitrogen and oxygen atoms in total. The molecule has 0 N–H and O–H groups in total. The van der Waals surface area contributed by atoms with E-state index in [4.69, 9.17) is 8.94 Å². The van der Waals surface area contributed by atoms with Crippen LogP contribution in [0.25, 0.3) is 22.8 Å². The fourth-order valence-electron chi connectivity index (χ4n) is 2.52. The molecule has 0 aliphatic heterocycles. The molecular formula is C20H18N4O2S. The van der Waals surface area contributed by atoms with Gasteiger partial charge in [0.25, 0.3) is 5.22 Å². The molecule has 0 fully saturated rings. The summed E-state index contributed by atoms with van der Waals surface area (Å²) >= 11 is 1.37. The third-order valence-corrected chi connectivity index (χ3v) is 4.92. The summed E-state index contributed by atoms with van der Waals surface area (Å²) in [4.78, 5) is 4.44. The molecule has 0 bridgehead atoms. The van der Waals surface area contributed by atoms with Crippen molar-refractivity contribution in [3.8, 4) is 22.8 Å². The molecule has 0 atom stereocenters. The summed E-state index contributed by atoms with van der Waals surface area (Å²) in [6.07, 6.45) is 1.00. The minimum absolute atomic E-state index is 0.468. The van der Waals surface area contributed by atoms with Gasteiger partial charge in [-0.2, -0.15) is 4.98 Å². The molecule has 0 unspecified atom stereocenters. The summed E-state index contributed by atoms with van der Waals surface area (Å²) in [7, 11) is 0. The molecule has 2 aromatic carbocycles. The Bertz CT molecular complexity index is 1020. The zero-order chi connectivity index (χ0) is 18.6. The van der Waals surface area contributed by atoms with Gasteiger partial charge in [-0.15, -0.1) is 10.2 Å². The van der Waals surface area contributed by atoms with Crippen LogP contribution in [-0.2, 0) is 12.2 Å². The third-order valence-electron chi connectivity index (χ3n) is 4.11. The number of thioether (sulfide) groups is 1. The third kappa shape index (κ3) is 4.09. The highest BCUT2D eigenvalue weighted by molar-refractivity contribution is 7.98. The van der Waals surface area contributed by atoms with Crippen LogP contribution in [0.15, 0.2) is 62.7 Å². The van der Waals surface area contributed by atoms with Crippen molar-refractivity contribution >= 4 is 11.8 Å². The highest BCUT2D eigenvalue weighted by Crippen LogP contribution is 2.26. The van der Waals surface area contributed by atoms with Crippen molar-refractivity contribution < 1.29 is 8.94 Å². The molecule has 136 valence electrons. The van der Waals surface area contributed by atoms with E-state index in [9.17, 15) is 0 Å². The number of nitrogens with zero attached hydrogens (tertiary/aromatic N) is 4. The van der Waals surface area contributed by atoms with Crippen LogP contribution in [0.3, 0.4) is 0 Å². The van der Waals surface area contributed by atoms with Gasteiger partial charge in [0, 0.05) is 11.1 Å². The van der Waals surface area contributed by atoms with E-state index in [1.165, 1.54) is 22.9 Å². The van der Waals surface area contributed by atoms with Crippen LogP contribution in [0.1, 0.15) is 23.9 Å². The van der Waals surface area contributed by atoms with E-state index in [0.29, 0.717) is 28.6 Å². The Labute approximate surface area is 161 Å². The Balaban J connectivity index is 1.40. The van der Waals surface area contributed by atoms with E-state index in [0.717, 1.165) is 17.5 Å². The molecule has 27 heavy (non-hydrogen) atoms. The number of hydrogen-bond donors (Lipinski definition) is 0. The number of rotatable bonds is 6. The Morgan fingerprint density at radius 1 is 0.926 bits per heavy atom. The monoisotopic (exact) mass is 378 g/mol. The van der Waals surface area contributed by atoms with Crippen LogP contribution in [0.4, 0.5) is 0 Å². The average molecular weight is 378 g/mol. The molecule has 0 aliphatic rings. The molecule has 7 heteroatoms. The first-order valence-electron chi connectivity index (χ1n) is 8.66. The summed E-state index contributed by atoms with van der Waals surface area (Å²) in [6.45, 7) is 4.16. The van der Waals surface area contributed by atoms with Crippen LogP contribution < -0.4 is 0 Å². The van der Waals surface area contributed by atoms with Crippen LogP contribution in [0, 0.1) is 6.92 Å². The maximum Gasteiger partial charge on any atom is 0.277 e. The predicted molar refractivity (Wildman–Crippen MR) is 103 cm³/mol. The number of hydrogen-bond acceptors (Lipinski definition) is 7. The molecule has 4 aromatic rings. The van der Waals surface area contributed by atoms with Gasteiger partial charge in [0.15, 0.2) is 0 Å². The second-order valence-electron chi connectivity index (χ2n) is 6.09. The second-order valence-corrected chi connectivity index (χ2v) is 7.02. The fourth-order valence-corrected chi connectivity index (χ4v) is 3.13. The molecule has 2 heterocycles. The summed E-state index contributed by atoms with van der Waals surface area (Å²) in [6, 6.07) is 16.1. The lowest BCUT2D eigenvalue weighted by Crippen LogP contribution is -1.84. The Morgan fingerprint density at radius 2 is 1.67 bits per heavy atom. The first-order valence-corrected chi connectivity index (χ1v) is 9.65. The van der Waals surface area contributed by atoms with Crippen LogP contribution in [0.5, 0.6) is 0 Å². The molecule has 4 rings (SSSR count). The van der Waals surface area contributed by atoms with Gasteiger partial charge < -0.3 is 8.94 Å². The van der Waals surface area contributed by atoms with Gasteiger partial charge in [0.05, 0.1) is 5.75 Å². The number of aryl methyl sites for hydroxylation is 2. The van der Waals surface area contributed by atoms with E-state index < -0.39 is 0 Å². The maximum atomic E-state index is 5.70. The Hall–Kier alpha value is -2.93. The van der Waals surface area contributed by atoms with Gasteiger partial charge >= 0.3 is 0 Å². The molecule has 2 aromatic heterocycles. The average Bonchev–Trinajstić information content (AvgIpc) is 3.37. The van der Waals surface area contributed by atoms with Gasteiger partial charge in [0.2, 0.25) is 17.6 Å². The van der Waals surface area contributed by atoms with Crippen LogP contribution in [0.2, 0.25) is 0 Å². The lowest BCUT2D eigenvalue weighted by molar-refractivity contribution is 0.391. The largest absolute Gasteiger partial charge is 0.411 e. The van der Waals surface area contributed by atoms with Gasteiger partial charge in [-0.3, -0.25) is 0 Å². The SMILES string of the molecule is CCc1ccc(-c2noc(CSc3nnc(-c4ccc(C)cc4)o3)n2)cc1. The topological polar surface area (TPSA) is 77.8 Å². The zero-order valence-electron chi connectivity index (χ0n) is 15.0. The molecular weight excluding hydrogens is 360 g/mol. The van der Waals surface area contributed by atoms with E-state index >= 15 is 0 Å². The maximum absolute atomic E-state index is 5.70. The van der Waals surface area contributed by atoms with E-state index in [1.807, 2.05) is 43.3 Å². The normalized spacial score (nSPS) is 11.0. The van der Waals surface area contributed by atoms with Crippen molar-refractivity contribution in [2.75, 3.05) is 0 Å². The highest BCUT2D eigenvalue weighted by Gasteiger charge is 2.13. The summed E-state index contributed by atoms with van der Waals surface area (Å²) < 4.78 is 11.0. The van der Waals surface area contributed by atoms with E-state index in [1.54, 1.807) is 0 Å². The lowest BCUT2D eigenvalue weighted by Gasteiger charge is -1.97. The van der Waals surface area contributed by atoms with Crippen LogP contribution >= 0.6 is 11.8 Å². The Kier molecular flexibility index (Phi) is 5.02. The minimum atomic E-state index is 0.468. The second kappa shape index (κ2) is 7.75. The molecule has 0 spiro atoms. The smallest absolute Gasteiger partial charge is 0.277 e. The molecule has 0 radical (unpaired) electrons. The van der Waals surface area contributed by atoms with Gasteiger partial charge in [-0.25, -0.2) is 0 Å². The quantitative estimate of drug-likeness (QED) is 0.439. The first kappa shape index (κ1) is 17.5. The zero-order valence-corrected chi connectivity index (χ0v) is 15.9. The molecule has 0 aliphatic carbocycles. The predicted octanol–water partition coefficient (Wildman–Crippen LogP) is 4.95. The van der Waals surface area contributed by atoms with Gasteiger partial charge in [-0.05, 0) is 31.0 Å². The fraction of sp³-hybridized carbons (Fsp3) is 0.200. The first-order chi connectivity index (χ1) is 13.2. The number of benzene rings is 2. The Morgan fingerprint density at radius 3 is 2.41 bits per heavy atom. The lowest BCUT2D eigenvalue weighted by atomic mass is 10.1. The van der Waals surface area contributed by atoms with Crippen molar-refractivity contribution in [3.63, 3.8) is 0 Å². The molecule has 0 saturated carbocycles. The molecule has 0 amide bonds. The van der Waals surface area contributed by atoms with E-state index in [2.05, 4.69) is 39.4 Å². The van der Waals surface area contributed by atoms with Crippen molar-refractivity contribution in [1.82, 2.24) is 20.3 Å². The van der Waals surface area contributed by atoms with Crippen molar-refractivity contribution in [2.45, 2.75) is 31.2 Å². The number of aromatic nitrogens is 4. The minimum Gasteiger partial charge on any atom is -0.411 e. The van der Waals surface area contributed by atoms with Gasteiger partial charge in [0.1, 0.15) is 0 Å². The summed E-state index contributed by atoms with van der Waals surface area (Å²) in [5, 5.41) is 12.7. The standard InChI is InChI=1S/C20H18N4O2S/c1-3-14-6-10-15(11-7-14)18-21-17(26-24-18)12-27-20-23-22-19(25-20)16-8-4-13(2)5-9-16/h4-11H,3,12H2,1-2H3. The highest BCUT2D eigenvalue weighted by atomic mass is 32.2. The van der Waals surface area contributed by atoms with Crippen LogP contribution in [-0.4, -0.2) is 20.3 Å². The van der Waals surface area contributed by atoms with Crippen molar-refractivity contribution in [3.05, 3.63) is 65.5 Å².